The fourth-order valence-corrected chi connectivity index (χ4v) is 2.99. The van der Waals surface area contributed by atoms with Crippen LogP contribution in [-0.4, -0.2) is 0 Å². The van der Waals surface area contributed by atoms with Crippen LogP contribution in [0, 0.1) is 10.8 Å². The highest BCUT2D eigenvalue weighted by molar-refractivity contribution is 5.14. The van der Waals surface area contributed by atoms with Crippen molar-refractivity contribution in [3.63, 3.8) is 0 Å². The Hall–Kier alpha value is 0. The van der Waals surface area contributed by atoms with E-state index in [-0.39, 0.29) is 0 Å². The lowest BCUT2D eigenvalue weighted by Crippen LogP contribution is -2.00. The molecule has 2 atom stereocenters. The summed E-state index contributed by atoms with van der Waals surface area (Å²) >= 11 is 0. The largest absolute Gasteiger partial charge is 0.0648 e. The summed E-state index contributed by atoms with van der Waals surface area (Å²) in [6.07, 6.45) is 7.52. The molecule has 0 heterocycles. The molecule has 0 aromatic heterocycles. The van der Waals surface area contributed by atoms with Gasteiger partial charge < -0.3 is 0 Å². The van der Waals surface area contributed by atoms with Crippen LogP contribution in [-0.2, 0) is 0 Å². The van der Waals surface area contributed by atoms with Gasteiger partial charge in [0.05, 0.1) is 0 Å². The van der Waals surface area contributed by atoms with Crippen LogP contribution in [0.2, 0.25) is 0 Å². The van der Waals surface area contributed by atoms with E-state index in [0.29, 0.717) is 0 Å². The highest BCUT2D eigenvalue weighted by atomic mass is 14.7. The van der Waals surface area contributed by atoms with E-state index in [9.17, 15) is 0 Å². The van der Waals surface area contributed by atoms with Crippen molar-refractivity contribution < 1.29 is 0 Å². The molecular formula is C9H16. The maximum Gasteiger partial charge on any atom is -0.0241 e. The van der Waals surface area contributed by atoms with Gasteiger partial charge in [-0.3, -0.25) is 0 Å². The highest BCUT2D eigenvalue weighted by Crippen LogP contribution is 2.74. The van der Waals surface area contributed by atoms with E-state index in [4.69, 9.17) is 0 Å². The summed E-state index contributed by atoms with van der Waals surface area (Å²) in [5.41, 5.74) is 1.65. The standard InChI is InChI=1S/C9H16/c1-3-9-6-4-5-8(9,2)7-9/h3-7H2,1-2H3. The van der Waals surface area contributed by atoms with Crippen molar-refractivity contribution in [2.24, 2.45) is 10.8 Å². The van der Waals surface area contributed by atoms with Gasteiger partial charge in [0.1, 0.15) is 0 Å². The Bertz CT molecular complexity index is 135. The lowest BCUT2D eigenvalue weighted by molar-refractivity contribution is 0.404. The van der Waals surface area contributed by atoms with Gasteiger partial charge in [-0.05, 0) is 36.5 Å². The minimum atomic E-state index is 0.807. The predicted octanol–water partition coefficient (Wildman–Crippen LogP) is 2.98. The lowest BCUT2D eigenvalue weighted by Gasteiger charge is -2.09. The van der Waals surface area contributed by atoms with E-state index in [1.807, 2.05) is 0 Å². The van der Waals surface area contributed by atoms with Gasteiger partial charge in [-0.1, -0.05) is 20.3 Å². The maximum absolute atomic E-state index is 2.48. The molecule has 2 saturated carbocycles. The van der Waals surface area contributed by atoms with Crippen LogP contribution >= 0.6 is 0 Å². The molecule has 2 rings (SSSR count). The molecule has 0 N–H and O–H groups in total. The van der Waals surface area contributed by atoms with Gasteiger partial charge in [0.25, 0.3) is 0 Å². The Morgan fingerprint density at radius 3 is 2.33 bits per heavy atom. The SMILES string of the molecule is CCC12CCCC1(C)C2. The van der Waals surface area contributed by atoms with Crippen LogP contribution in [0.15, 0.2) is 0 Å². The molecule has 0 aliphatic heterocycles. The fourth-order valence-electron chi connectivity index (χ4n) is 2.99. The fraction of sp³-hybridized carbons (Fsp3) is 1.00. The molecule has 0 saturated heterocycles. The van der Waals surface area contributed by atoms with Gasteiger partial charge in [0.15, 0.2) is 0 Å². The first-order chi connectivity index (χ1) is 4.22. The summed E-state index contributed by atoms with van der Waals surface area (Å²) in [6, 6.07) is 0. The van der Waals surface area contributed by atoms with Crippen LogP contribution in [0.4, 0.5) is 0 Å². The van der Waals surface area contributed by atoms with Crippen molar-refractivity contribution in [2.45, 2.75) is 46.0 Å². The number of hydrogen-bond donors (Lipinski definition) is 0. The summed E-state index contributed by atoms with van der Waals surface area (Å²) in [4.78, 5) is 0. The van der Waals surface area contributed by atoms with E-state index >= 15 is 0 Å². The first kappa shape index (κ1) is 5.76. The Morgan fingerprint density at radius 1 is 1.33 bits per heavy atom. The van der Waals surface area contributed by atoms with Crippen molar-refractivity contribution in [1.29, 1.82) is 0 Å². The molecular weight excluding hydrogens is 108 g/mol. The summed E-state index contributed by atoms with van der Waals surface area (Å²) in [6.45, 7) is 4.83. The first-order valence-corrected chi connectivity index (χ1v) is 4.22. The van der Waals surface area contributed by atoms with Crippen molar-refractivity contribution >= 4 is 0 Å². The molecule has 52 valence electrons. The zero-order valence-corrected chi connectivity index (χ0v) is 6.54. The van der Waals surface area contributed by atoms with Gasteiger partial charge in [-0.2, -0.15) is 0 Å². The minimum absolute atomic E-state index is 0.807. The third kappa shape index (κ3) is 0.500. The molecule has 0 nitrogen and oxygen atoms in total. The molecule has 2 unspecified atom stereocenters. The average molecular weight is 124 g/mol. The monoisotopic (exact) mass is 124 g/mol. The van der Waals surface area contributed by atoms with Crippen molar-refractivity contribution in [3.05, 3.63) is 0 Å². The Labute approximate surface area is 57.6 Å². The number of fused-ring (bicyclic) bond motifs is 1. The summed E-state index contributed by atoms with van der Waals surface area (Å²) in [5.74, 6) is 0. The molecule has 0 amide bonds. The van der Waals surface area contributed by atoms with Crippen LogP contribution in [0.25, 0.3) is 0 Å². The molecule has 0 spiro atoms. The Kier molecular flexibility index (Phi) is 0.868. The second kappa shape index (κ2) is 1.36. The number of rotatable bonds is 1. The van der Waals surface area contributed by atoms with E-state index in [2.05, 4.69) is 13.8 Å². The second-order valence-corrected chi connectivity index (χ2v) is 4.22. The van der Waals surface area contributed by atoms with Crippen molar-refractivity contribution in [1.82, 2.24) is 0 Å². The van der Waals surface area contributed by atoms with E-state index < -0.39 is 0 Å². The Balaban J connectivity index is 2.19. The first-order valence-electron chi connectivity index (χ1n) is 4.22. The van der Waals surface area contributed by atoms with E-state index in [1.54, 1.807) is 0 Å². The molecule has 0 aromatic rings. The predicted molar refractivity (Wildman–Crippen MR) is 39.3 cm³/mol. The average Bonchev–Trinajstić information content (AvgIpc) is 2.29. The van der Waals surface area contributed by atoms with Gasteiger partial charge in [-0.25, -0.2) is 0 Å². The zero-order valence-electron chi connectivity index (χ0n) is 6.54. The quantitative estimate of drug-likeness (QED) is 0.504. The van der Waals surface area contributed by atoms with Crippen LogP contribution in [0.1, 0.15) is 46.0 Å². The van der Waals surface area contributed by atoms with Crippen LogP contribution < -0.4 is 0 Å². The lowest BCUT2D eigenvalue weighted by atomic mass is 9.96. The van der Waals surface area contributed by atoms with Crippen LogP contribution in [0.3, 0.4) is 0 Å². The highest BCUT2D eigenvalue weighted by Gasteiger charge is 2.64. The summed E-state index contributed by atoms with van der Waals surface area (Å²) < 4.78 is 0. The second-order valence-electron chi connectivity index (χ2n) is 4.22. The molecule has 2 aliphatic carbocycles. The molecule has 0 radical (unpaired) electrons. The number of hydrogen-bond acceptors (Lipinski definition) is 0. The molecule has 2 fully saturated rings. The summed E-state index contributed by atoms with van der Waals surface area (Å²) in [5, 5.41) is 0. The van der Waals surface area contributed by atoms with E-state index in [1.165, 1.54) is 32.1 Å². The third-order valence-corrected chi connectivity index (χ3v) is 3.94. The molecule has 0 heteroatoms. The Morgan fingerprint density at radius 2 is 2.11 bits per heavy atom. The van der Waals surface area contributed by atoms with Crippen molar-refractivity contribution in [3.8, 4) is 0 Å². The normalized spacial score (nSPS) is 55.3. The molecule has 0 aromatic carbocycles. The molecule has 2 aliphatic rings. The minimum Gasteiger partial charge on any atom is -0.0648 e. The maximum atomic E-state index is 2.48. The molecule has 0 bridgehead atoms. The smallest absolute Gasteiger partial charge is 0.0241 e. The molecule has 9 heavy (non-hydrogen) atoms. The van der Waals surface area contributed by atoms with Gasteiger partial charge in [0, 0.05) is 0 Å². The van der Waals surface area contributed by atoms with Crippen molar-refractivity contribution in [2.75, 3.05) is 0 Å². The van der Waals surface area contributed by atoms with Crippen LogP contribution in [0.5, 0.6) is 0 Å². The summed E-state index contributed by atoms with van der Waals surface area (Å²) in [7, 11) is 0. The third-order valence-electron chi connectivity index (χ3n) is 3.94. The van der Waals surface area contributed by atoms with Gasteiger partial charge >= 0.3 is 0 Å². The van der Waals surface area contributed by atoms with Gasteiger partial charge in [0.2, 0.25) is 0 Å². The topological polar surface area (TPSA) is 0 Å². The zero-order chi connectivity index (χ0) is 6.54. The van der Waals surface area contributed by atoms with E-state index in [0.717, 1.165) is 10.8 Å². The van der Waals surface area contributed by atoms with Gasteiger partial charge in [-0.15, -0.1) is 0 Å².